The van der Waals surface area contributed by atoms with Crippen molar-refractivity contribution < 1.29 is 13.5 Å². The monoisotopic (exact) mass is 311 g/mol. The normalized spacial score (nSPS) is 14.6. The van der Waals surface area contributed by atoms with Crippen LogP contribution in [0.15, 0.2) is 23.1 Å². The van der Waals surface area contributed by atoms with Gasteiger partial charge in [-0.05, 0) is 39.0 Å². The summed E-state index contributed by atoms with van der Waals surface area (Å²) in [7, 11) is -3.84. The number of sulfonamides is 1. The van der Waals surface area contributed by atoms with Gasteiger partial charge in [-0.3, -0.25) is 0 Å². The molecule has 0 bridgehead atoms. The van der Waals surface area contributed by atoms with Gasteiger partial charge in [0.15, 0.2) is 0 Å². The fourth-order valence-corrected chi connectivity index (χ4v) is 3.41. The largest absolute Gasteiger partial charge is 0.391 e. The van der Waals surface area contributed by atoms with E-state index in [4.69, 9.17) is 23.2 Å². The Morgan fingerprint density at radius 3 is 2.39 bits per heavy atom. The molecule has 0 radical (unpaired) electrons. The van der Waals surface area contributed by atoms with E-state index in [1.165, 1.54) is 25.1 Å². The predicted octanol–water partition coefficient (Wildman–Crippen LogP) is 2.43. The molecule has 0 saturated heterocycles. The first kappa shape index (κ1) is 15.7. The molecule has 4 nitrogen and oxygen atoms in total. The first-order chi connectivity index (χ1) is 8.06. The van der Waals surface area contributed by atoms with Crippen LogP contribution in [0.3, 0.4) is 0 Å². The van der Waals surface area contributed by atoms with Gasteiger partial charge in [-0.15, -0.1) is 0 Å². The van der Waals surface area contributed by atoms with E-state index in [-0.39, 0.29) is 14.9 Å². The van der Waals surface area contributed by atoms with Crippen LogP contribution in [-0.4, -0.2) is 25.2 Å². The first-order valence-corrected chi connectivity index (χ1v) is 7.47. The van der Waals surface area contributed by atoms with E-state index in [9.17, 15) is 13.5 Å². The summed E-state index contributed by atoms with van der Waals surface area (Å²) in [5, 5.41) is 9.88. The number of hydrogen-bond donors (Lipinski definition) is 2. The lowest BCUT2D eigenvalue weighted by Gasteiger charge is -2.29. The molecular formula is C11H15Cl2NO3S. The van der Waals surface area contributed by atoms with Crippen molar-refractivity contribution >= 4 is 33.2 Å². The van der Waals surface area contributed by atoms with Crippen LogP contribution < -0.4 is 4.72 Å². The lowest BCUT2D eigenvalue weighted by atomic mass is 10.0. The maximum Gasteiger partial charge on any atom is 0.242 e. The lowest BCUT2D eigenvalue weighted by molar-refractivity contribution is 0.111. The molecule has 0 fully saturated rings. The first-order valence-electron chi connectivity index (χ1n) is 5.23. The number of rotatable bonds is 4. The topological polar surface area (TPSA) is 66.4 Å². The summed E-state index contributed by atoms with van der Waals surface area (Å²) in [6, 6.07) is 4.18. The van der Waals surface area contributed by atoms with Crippen molar-refractivity contribution in [1.29, 1.82) is 0 Å². The average Bonchev–Trinajstić information content (AvgIpc) is 2.19. The van der Waals surface area contributed by atoms with E-state index < -0.39 is 21.7 Å². The third-order valence-corrected chi connectivity index (χ3v) is 5.01. The van der Waals surface area contributed by atoms with Gasteiger partial charge in [0.05, 0.1) is 16.7 Å². The Morgan fingerprint density at radius 2 is 1.89 bits per heavy atom. The molecular weight excluding hydrogens is 297 g/mol. The molecule has 0 aliphatic heterocycles. The molecule has 0 aliphatic carbocycles. The molecule has 0 aromatic heterocycles. The summed E-state index contributed by atoms with van der Waals surface area (Å²) in [6.45, 7) is 4.66. The molecule has 1 unspecified atom stereocenters. The van der Waals surface area contributed by atoms with Gasteiger partial charge in [-0.2, -0.15) is 0 Å². The van der Waals surface area contributed by atoms with E-state index >= 15 is 0 Å². The van der Waals surface area contributed by atoms with Crippen molar-refractivity contribution in [3.63, 3.8) is 0 Å². The molecule has 0 spiro atoms. The Kier molecular flexibility index (Phi) is 4.67. The molecule has 7 heteroatoms. The number of aliphatic hydroxyl groups excluding tert-OH is 1. The van der Waals surface area contributed by atoms with Crippen LogP contribution in [0.4, 0.5) is 0 Å². The molecule has 1 aromatic carbocycles. The Morgan fingerprint density at radius 1 is 1.33 bits per heavy atom. The van der Waals surface area contributed by atoms with E-state index in [0.717, 1.165) is 0 Å². The molecule has 2 N–H and O–H groups in total. The van der Waals surface area contributed by atoms with Gasteiger partial charge >= 0.3 is 0 Å². The zero-order valence-electron chi connectivity index (χ0n) is 10.2. The van der Waals surface area contributed by atoms with Crippen molar-refractivity contribution in [2.24, 2.45) is 0 Å². The van der Waals surface area contributed by atoms with Crippen LogP contribution in [-0.2, 0) is 10.0 Å². The number of halogens is 2. The Balaban J connectivity index is 3.19. The second-order valence-corrected chi connectivity index (χ2v) is 7.07. The third-order valence-electron chi connectivity index (χ3n) is 2.62. The quantitative estimate of drug-likeness (QED) is 0.897. The third kappa shape index (κ3) is 3.59. The van der Waals surface area contributed by atoms with E-state index in [0.29, 0.717) is 0 Å². The molecule has 0 saturated carbocycles. The molecule has 0 aliphatic rings. The maximum atomic E-state index is 12.2. The van der Waals surface area contributed by atoms with Gasteiger partial charge in [0.1, 0.15) is 4.90 Å². The molecule has 102 valence electrons. The van der Waals surface area contributed by atoms with Crippen molar-refractivity contribution in [2.75, 3.05) is 0 Å². The summed E-state index contributed by atoms with van der Waals surface area (Å²) in [4.78, 5) is -0.106. The SMILES string of the molecule is CC(O)C(C)(C)NS(=O)(=O)c1cc(Cl)ccc1Cl. The summed E-state index contributed by atoms with van der Waals surface area (Å²) in [5.41, 5.74) is -1.01. The molecule has 1 rings (SSSR count). The predicted molar refractivity (Wildman–Crippen MR) is 72.5 cm³/mol. The van der Waals surface area contributed by atoms with E-state index in [1.807, 2.05) is 0 Å². The minimum absolute atomic E-state index is 0.0771. The number of nitrogens with one attached hydrogen (secondary N) is 1. The number of hydrogen-bond acceptors (Lipinski definition) is 3. The van der Waals surface area contributed by atoms with Gasteiger partial charge < -0.3 is 5.11 Å². The Labute approximate surface area is 117 Å². The highest BCUT2D eigenvalue weighted by atomic mass is 35.5. The number of benzene rings is 1. The Hall–Kier alpha value is -0.330. The van der Waals surface area contributed by atoms with Crippen molar-refractivity contribution in [3.05, 3.63) is 28.2 Å². The van der Waals surface area contributed by atoms with Crippen LogP contribution in [0, 0.1) is 0 Å². The minimum Gasteiger partial charge on any atom is -0.391 e. The molecule has 1 aromatic rings. The fourth-order valence-electron chi connectivity index (χ4n) is 1.17. The maximum absolute atomic E-state index is 12.2. The highest BCUT2D eigenvalue weighted by Gasteiger charge is 2.31. The van der Waals surface area contributed by atoms with Gasteiger partial charge in [0.25, 0.3) is 0 Å². The van der Waals surface area contributed by atoms with Crippen LogP contribution in [0.1, 0.15) is 20.8 Å². The highest BCUT2D eigenvalue weighted by molar-refractivity contribution is 7.89. The van der Waals surface area contributed by atoms with E-state index in [2.05, 4.69) is 4.72 Å². The van der Waals surface area contributed by atoms with Crippen LogP contribution in [0.25, 0.3) is 0 Å². The smallest absolute Gasteiger partial charge is 0.242 e. The number of aliphatic hydroxyl groups is 1. The summed E-state index contributed by atoms with van der Waals surface area (Å²) < 4.78 is 26.7. The molecule has 18 heavy (non-hydrogen) atoms. The summed E-state index contributed by atoms with van der Waals surface area (Å²) in [5.74, 6) is 0. The summed E-state index contributed by atoms with van der Waals surface area (Å²) in [6.07, 6.45) is -0.856. The Bertz CT molecular complexity index is 541. The zero-order valence-corrected chi connectivity index (χ0v) is 12.6. The average molecular weight is 312 g/mol. The van der Waals surface area contributed by atoms with Crippen LogP contribution in [0.2, 0.25) is 10.0 Å². The van der Waals surface area contributed by atoms with Crippen LogP contribution in [0.5, 0.6) is 0 Å². The fraction of sp³-hybridized carbons (Fsp3) is 0.455. The molecule has 0 heterocycles. The van der Waals surface area contributed by atoms with Gasteiger partial charge in [0, 0.05) is 5.02 Å². The van der Waals surface area contributed by atoms with Crippen molar-refractivity contribution in [3.8, 4) is 0 Å². The van der Waals surface area contributed by atoms with Gasteiger partial charge in [-0.1, -0.05) is 23.2 Å². The van der Waals surface area contributed by atoms with Crippen molar-refractivity contribution in [2.45, 2.75) is 37.3 Å². The molecule has 1 atom stereocenters. The van der Waals surface area contributed by atoms with Crippen LogP contribution >= 0.6 is 23.2 Å². The van der Waals surface area contributed by atoms with E-state index in [1.54, 1.807) is 13.8 Å². The molecule has 0 amide bonds. The lowest BCUT2D eigenvalue weighted by Crippen LogP contribution is -2.50. The highest BCUT2D eigenvalue weighted by Crippen LogP contribution is 2.26. The second kappa shape index (κ2) is 5.35. The van der Waals surface area contributed by atoms with Gasteiger partial charge in [-0.25, -0.2) is 13.1 Å². The standard InChI is InChI=1S/C11H15Cl2NO3S/c1-7(15)11(2,3)14-18(16,17)10-6-8(12)4-5-9(10)13/h4-7,14-15H,1-3H3. The summed E-state index contributed by atoms with van der Waals surface area (Å²) >= 11 is 11.6. The zero-order chi connectivity index (χ0) is 14.1. The minimum atomic E-state index is -3.84. The van der Waals surface area contributed by atoms with Crippen molar-refractivity contribution in [1.82, 2.24) is 4.72 Å². The second-order valence-electron chi connectivity index (χ2n) is 4.58. The van der Waals surface area contributed by atoms with Gasteiger partial charge in [0.2, 0.25) is 10.0 Å².